The van der Waals surface area contributed by atoms with E-state index in [1.807, 2.05) is 44.2 Å². The molecule has 1 heterocycles. The van der Waals surface area contributed by atoms with Crippen LogP contribution in [0.25, 0.3) is 11.4 Å². The van der Waals surface area contributed by atoms with Gasteiger partial charge in [0.15, 0.2) is 0 Å². The molecule has 1 N–H and O–H groups in total. The molecule has 1 aromatic carbocycles. The lowest BCUT2D eigenvalue weighted by Crippen LogP contribution is -2.43. The second-order valence-electron chi connectivity index (χ2n) is 5.66. The van der Waals surface area contributed by atoms with E-state index in [2.05, 4.69) is 22.4 Å². The average molecular weight is 319 g/mol. The van der Waals surface area contributed by atoms with Gasteiger partial charge in [0.1, 0.15) is 0 Å². The molecule has 0 aliphatic heterocycles. The zero-order valence-corrected chi connectivity index (χ0v) is 13.9. The number of nitrogens with one attached hydrogen (secondary N) is 1. The van der Waals surface area contributed by atoms with E-state index in [-0.39, 0.29) is 11.4 Å². The zero-order chi connectivity index (χ0) is 16.0. The molecule has 2 rings (SSSR count). The highest BCUT2D eigenvalue weighted by Gasteiger charge is 2.17. The van der Waals surface area contributed by atoms with Crippen LogP contribution in [0.5, 0.6) is 0 Å². The van der Waals surface area contributed by atoms with Crippen molar-refractivity contribution in [3.05, 3.63) is 36.2 Å². The highest BCUT2D eigenvalue weighted by molar-refractivity contribution is 7.99. The number of amides is 1. The lowest BCUT2D eigenvalue weighted by Gasteiger charge is -2.24. The first-order valence-corrected chi connectivity index (χ1v) is 8.42. The third-order valence-corrected chi connectivity index (χ3v) is 4.24. The summed E-state index contributed by atoms with van der Waals surface area (Å²) >= 11 is 1.47. The standard InChI is InChI=1S/C16H21N3O2S/c1-4-16(2,3)18-13(20)10-22-11-14-17-15(19-21-14)12-8-6-5-7-9-12/h5-9H,4,10-11H2,1-3H3,(H,18,20). The Kier molecular flexibility index (Phi) is 5.60. The van der Waals surface area contributed by atoms with Crippen LogP contribution in [0.1, 0.15) is 33.1 Å². The number of carbonyl (C=O) groups is 1. The Balaban J connectivity index is 1.81. The van der Waals surface area contributed by atoms with E-state index < -0.39 is 0 Å². The Labute approximate surface area is 134 Å². The van der Waals surface area contributed by atoms with Gasteiger partial charge in [-0.25, -0.2) is 0 Å². The van der Waals surface area contributed by atoms with E-state index in [4.69, 9.17) is 4.52 Å². The maximum Gasteiger partial charge on any atom is 0.236 e. The molecule has 5 nitrogen and oxygen atoms in total. The maximum atomic E-state index is 11.8. The SMILES string of the molecule is CCC(C)(C)NC(=O)CSCc1nc(-c2ccccc2)no1. The fraction of sp³-hybridized carbons (Fsp3) is 0.438. The van der Waals surface area contributed by atoms with Crippen LogP contribution in [0.3, 0.4) is 0 Å². The molecule has 0 aliphatic rings. The normalized spacial score (nSPS) is 11.4. The van der Waals surface area contributed by atoms with E-state index in [0.717, 1.165) is 12.0 Å². The molecule has 6 heteroatoms. The van der Waals surface area contributed by atoms with Crippen molar-refractivity contribution in [1.82, 2.24) is 15.5 Å². The fourth-order valence-electron chi connectivity index (χ4n) is 1.75. The predicted molar refractivity (Wildman–Crippen MR) is 88.4 cm³/mol. The molecule has 0 saturated heterocycles. The topological polar surface area (TPSA) is 68.0 Å². The Hall–Kier alpha value is -1.82. The summed E-state index contributed by atoms with van der Waals surface area (Å²) in [7, 11) is 0. The van der Waals surface area contributed by atoms with Crippen LogP contribution in [0.2, 0.25) is 0 Å². The number of rotatable bonds is 7. The molecular formula is C16H21N3O2S. The molecule has 118 valence electrons. The van der Waals surface area contributed by atoms with E-state index in [9.17, 15) is 4.79 Å². The van der Waals surface area contributed by atoms with Crippen LogP contribution in [0, 0.1) is 0 Å². The van der Waals surface area contributed by atoms with Gasteiger partial charge in [-0.3, -0.25) is 4.79 Å². The van der Waals surface area contributed by atoms with Crippen LogP contribution < -0.4 is 5.32 Å². The van der Waals surface area contributed by atoms with Crippen molar-refractivity contribution in [2.24, 2.45) is 0 Å². The summed E-state index contributed by atoms with van der Waals surface area (Å²) in [5.74, 6) is 2.05. The van der Waals surface area contributed by atoms with E-state index in [1.165, 1.54) is 11.8 Å². The lowest BCUT2D eigenvalue weighted by molar-refractivity contribution is -0.120. The van der Waals surface area contributed by atoms with Crippen molar-refractivity contribution in [1.29, 1.82) is 0 Å². The summed E-state index contributed by atoms with van der Waals surface area (Å²) in [5, 5.41) is 6.95. The summed E-state index contributed by atoms with van der Waals surface area (Å²) in [6.45, 7) is 6.08. The highest BCUT2D eigenvalue weighted by Crippen LogP contribution is 2.17. The summed E-state index contributed by atoms with van der Waals surface area (Å²) in [4.78, 5) is 16.2. The third kappa shape index (κ3) is 4.87. The van der Waals surface area contributed by atoms with Crippen molar-refractivity contribution < 1.29 is 9.32 Å². The van der Waals surface area contributed by atoms with Crippen molar-refractivity contribution >= 4 is 17.7 Å². The number of hydrogen-bond acceptors (Lipinski definition) is 5. The summed E-state index contributed by atoms with van der Waals surface area (Å²) < 4.78 is 5.21. The highest BCUT2D eigenvalue weighted by atomic mass is 32.2. The molecule has 0 unspecified atom stereocenters. The van der Waals surface area contributed by atoms with Crippen molar-refractivity contribution in [3.8, 4) is 11.4 Å². The van der Waals surface area contributed by atoms with Crippen molar-refractivity contribution in [3.63, 3.8) is 0 Å². The molecule has 0 spiro atoms. The van der Waals surface area contributed by atoms with Crippen LogP contribution in [-0.2, 0) is 10.5 Å². The minimum absolute atomic E-state index is 0.0275. The second kappa shape index (κ2) is 7.45. The van der Waals surface area contributed by atoms with Gasteiger partial charge in [-0.15, -0.1) is 11.8 Å². The Morgan fingerprint density at radius 1 is 1.32 bits per heavy atom. The molecule has 2 aromatic rings. The summed E-state index contributed by atoms with van der Waals surface area (Å²) in [5.41, 5.74) is 0.757. The molecule has 22 heavy (non-hydrogen) atoms. The molecule has 0 aliphatic carbocycles. The average Bonchev–Trinajstić information content (AvgIpc) is 2.96. The van der Waals surface area contributed by atoms with Gasteiger partial charge in [-0.1, -0.05) is 42.4 Å². The number of benzene rings is 1. The number of thioether (sulfide) groups is 1. The van der Waals surface area contributed by atoms with Crippen LogP contribution >= 0.6 is 11.8 Å². The number of aromatic nitrogens is 2. The molecule has 1 aromatic heterocycles. The predicted octanol–water partition coefficient (Wildman–Crippen LogP) is 3.27. The quantitative estimate of drug-likeness (QED) is 0.848. The first-order valence-electron chi connectivity index (χ1n) is 7.27. The molecule has 0 radical (unpaired) electrons. The minimum Gasteiger partial charge on any atom is -0.351 e. The largest absolute Gasteiger partial charge is 0.351 e. The van der Waals surface area contributed by atoms with E-state index >= 15 is 0 Å². The van der Waals surface area contributed by atoms with Crippen LogP contribution in [0.15, 0.2) is 34.9 Å². The van der Waals surface area contributed by atoms with Crippen molar-refractivity contribution in [2.45, 2.75) is 38.5 Å². The lowest BCUT2D eigenvalue weighted by atomic mass is 10.0. The molecule has 0 fully saturated rings. The second-order valence-corrected chi connectivity index (χ2v) is 6.64. The monoisotopic (exact) mass is 319 g/mol. The molecule has 0 atom stereocenters. The summed E-state index contributed by atoms with van der Waals surface area (Å²) in [6.07, 6.45) is 0.896. The Bertz CT molecular complexity index is 611. The number of nitrogens with zero attached hydrogens (tertiary/aromatic N) is 2. The molecular weight excluding hydrogens is 298 g/mol. The first kappa shape index (κ1) is 16.5. The van der Waals surface area contributed by atoms with Gasteiger partial charge in [-0.2, -0.15) is 4.98 Å². The van der Waals surface area contributed by atoms with Crippen LogP contribution in [0.4, 0.5) is 0 Å². The fourth-order valence-corrected chi connectivity index (χ4v) is 2.40. The number of hydrogen-bond donors (Lipinski definition) is 1. The maximum absolute atomic E-state index is 11.8. The minimum atomic E-state index is -0.164. The molecule has 0 saturated carbocycles. The Morgan fingerprint density at radius 2 is 2.05 bits per heavy atom. The van der Waals surface area contributed by atoms with Gasteiger partial charge in [0, 0.05) is 11.1 Å². The molecule has 1 amide bonds. The smallest absolute Gasteiger partial charge is 0.236 e. The van der Waals surface area contributed by atoms with E-state index in [0.29, 0.717) is 23.2 Å². The van der Waals surface area contributed by atoms with E-state index in [1.54, 1.807) is 0 Å². The van der Waals surface area contributed by atoms with Gasteiger partial charge in [0.25, 0.3) is 0 Å². The van der Waals surface area contributed by atoms with Crippen molar-refractivity contribution in [2.75, 3.05) is 5.75 Å². The van der Waals surface area contributed by atoms with Gasteiger partial charge in [0.2, 0.25) is 17.6 Å². The number of carbonyl (C=O) groups excluding carboxylic acids is 1. The first-order chi connectivity index (χ1) is 10.5. The Morgan fingerprint density at radius 3 is 2.73 bits per heavy atom. The van der Waals surface area contributed by atoms with Gasteiger partial charge in [-0.05, 0) is 20.3 Å². The van der Waals surface area contributed by atoms with Gasteiger partial charge < -0.3 is 9.84 Å². The summed E-state index contributed by atoms with van der Waals surface area (Å²) in [6, 6.07) is 9.67. The van der Waals surface area contributed by atoms with Crippen LogP contribution in [-0.4, -0.2) is 27.3 Å². The van der Waals surface area contributed by atoms with Gasteiger partial charge >= 0.3 is 0 Å². The third-order valence-electron chi connectivity index (χ3n) is 3.32. The molecule has 0 bridgehead atoms. The zero-order valence-electron chi connectivity index (χ0n) is 13.1. The van der Waals surface area contributed by atoms with Gasteiger partial charge in [0.05, 0.1) is 11.5 Å².